The van der Waals surface area contributed by atoms with Crippen molar-refractivity contribution in [3.63, 3.8) is 0 Å². The van der Waals surface area contributed by atoms with E-state index in [1.54, 1.807) is 0 Å². The molecule has 1 aliphatic carbocycles. The summed E-state index contributed by atoms with van der Waals surface area (Å²) in [5.41, 5.74) is 0. The van der Waals surface area contributed by atoms with Crippen molar-refractivity contribution in [1.82, 2.24) is 10.2 Å². The Hall–Kier alpha value is 0.270. The first-order valence-corrected chi connectivity index (χ1v) is 8.50. The van der Waals surface area contributed by atoms with Crippen LogP contribution in [-0.4, -0.2) is 47.6 Å². The summed E-state index contributed by atoms with van der Waals surface area (Å²) in [5, 5.41) is 4.82. The fourth-order valence-corrected chi connectivity index (χ4v) is 4.06. The maximum atomic E-state index is 3.91. The van der Waals surface area contributed by atoms with Crippen LogP contribution in [0.15, 0.2) is 0 Å². The molecule has 3 unspecified atom stereocenters. The van der Waals surface area contributed by atoms with Crippen LogP contribution in [0, 0.1) is 0 Å². The molecule has 2 nitrogen and oxygen atoms in total. The molecule has 0 aromatic rings. The first kappa shape index (κ1) is 13.7. The molecular weight excluding hydrogens is 228 g/mol. The highest BCUT2D eigenvalue weighted by atomic mass is 32.2. The van der Waals surface area contributed by atoms with Gasteiger partial charge in [-0.05, 0) is 52.3 Å². The summed E-state index contributed by atoms with van der Waals surface area (Å²) >= 11 is 2.06. The second kappa shape index (κ2) is 6.44. The lowest BCUT2D eigenvalue weighted by atomic mass is 9.94. The van der Waals surface area contributed by atoms with Gasteiger partial charge in [0.15, 0.2) is 0 Å². The smallest absolute Gasteiger partial charge is 0.0209 e. The normalized spacial score (nSPS) is 35.6. The van der Waals surface area contributed by atoms with E-state index in [-0.39, 0.29) is 0 Å². The van der Waals surface area contributed by atoms with E-state index >= 15 is 0 Å². The Morgan fingerprint density at radius 2 is 2.00 bits per heavy atom. The molecule has 100 valence electrons. The van der Waals surface area contributed by atoms with E-state index in [2.05, 4.69) is 42.1 Å². The molecule has 1 aliphatic heterocycles. The average molecular weight is 256 g/mol. The van der Waals surface area contributed by atoms with Crippen LogP contribution < -0.4 is 5.32 Å². The van der Waals surface area contributed by atoms with Crippen molar-refractivity contribution in [3.8, 4) is 0 Å². The molecule has 3 atom stereocenters. The number of likely N-dealkylation sites (tertiary alicyclic amines) is 1. The lowest BCUT2D eigenvalue weighted by Crippen LogP contribution is -2.43. The van der Waals surface area contributed by atoms with Gasteiger partial charge in [0.1, 0.15) is 0 Å². The second-order valence-electron chi connectivity index (χ2n) is 5.96. The summed E-state index contributed by atoms with van der Waals surface area (Å²) < 4.78 is 0. The van der Waals surface area contributed by atoms with E-state index in [9.17, 15) is 0 Å². The summed E-state index contributed by atoms with van der Waals surface area (Å²) in [5.74, 6) is 0. The van der Waals surface area contributed by atoms with E-state index in [1.165, 1.54) is 45.2 Å². The van der Waals surface area contributed by atoms with Gasteiger partial charge in [0.05, 0.1) is 0 Å². The van der Waals surface area contributed by atoms with Gasteiger partial charge in [-0.25, -0.2) is 0 Å². The molecule has 0 radical (unpaired) electrons. The quantitative estimate of drug-likeness (QED) is 0.832. The van der Waals surface area contributed by atoms with Gasteiger partial charge in [-0.15, -0.1) is 0 Å². The molecule has 1 saturated heterocycles. The Morgan fingerprint density at radius 1 is 1.18 bits per heavy atom. The number of thioether (sulfide) groups is 1. The number of hydrogen-bond donors (Lipinski definition) is 1. The predicted molar refractivity (Wildman–Crippen MR) is 77.8 cm³/mol. The van der Waals surface area contributed by atoms with Gasteiger partial charge in [-0.1, -0.05) is 6.42 Å². The number of rotatable bonds is 4. The van der Waals surface area contributed by atoms with Crippen molar-refractivity contribution in [2.75, 3.05) is 19.3 Å². The monoisotopic (exact) mass is 256 g/mol. The maximum Gasteiger partial charge on any atom is 0.0209 e. The highest BCUT2D eigenvalue weighted by Gasteiger charge is 2.28. The molecule has 1 saturated carbocycles. The summed E-state index contributed by atoms with van der Waals surface area (Å²) in [6.45, 7) is 7.17. The molecule has 2 rings (SSSR count). The van der Waals surface area contributed by atoms with Crippen molar-refractivity contribution in [1.29, 1.82) is 0 Å². The third kappa shape index (κ3) is 3.87. The van der Waals surface area contributed by atoms with Crippen LogP contribution in [0.1, 0.15) is 46.0 Å². The zero-order chi connectivity index (χ0) is 12.3. The Morgan fingerprint density at radius 3 is 2.65 bits per heavy atom. The topological polar surface area (TPSA) is 15.3 Å². The molecule has 17 heavy (non-hydrogen) atoms. The van der Waals surface area contributed by atoms with E-state index in [0.29, 0.717) is 6.04 Å². The van der Waals surface area contributed by atoms with Crippen LogP contribution >= 0.6 is 11.8 Å². The molecule has 0 amide bonds. The molecule has 1 heterocycles. The van der Waals surface area contributed by atoms with E-state index in [0.717, 1.165) is 17.3 Å². The molecule has 3 heteroatoms. The summed E-state index contributed by atoms with van der Waals surface area (Å²) in [4.78, 5) is 2.60. The largest absolute Gasteiger partial charge is 0.310 e. The van der Waals surface area contributed by atoms with Gasteiger partial charge >= 0.3 is 0 Å². The lowest BCUT2D eigenvalue weighted by molar-refractivity contribution is 0.260. The summed E-state index contributed by atoms with van der Waals surface area (Å²) in [6.07, 6.45) is 9.25. The van der Waals surface area contributed by atoms with E-state index in [4.69, 9.17) is 0 Å². The van der Waals surface area contributed by atoms with Crippen LogP contribution in [0.5, 0.6) is 0 Å². The first-order valence-electron chi connectivity index (χ1n) is 7.22. The Balaban J connectivity index is 1.74. The fourth-order valence-electron chi connectivity index (χ4n) is 3.24. The minimum atomic E-state index is 0.715. The molecule has 2 aliphatic rings. The fraction of sp³-hybridized carbons (Fsp3) is 1.00. The highest BCUT2D eigenvalue weighted by molar-refractivity contribution is 7.99. The minimum absolute atomic E-state index is 0.715. The zero-order valence-corrected chi connectivity index (χ0v) is 12.4. The maximum absolute atomic E-state index is 3.91. The summed E-state index contributed by atoms with van der Waals surface area (Å²) in [7, 11) is 0. The molecule has 1 N–H and O–H groups in total. The molecule has 0 spiro atoms. The van der Waals surface area contributed by atoms with Crippen molar-refractivity contribution in [3.05, 3.63) is 0 Å². The van der Waals surface area contributed by atoms with Crippen molar-refractivity contribution in [2.45, 2.75) is 69.3 Å². The van der Waals surface area contributed by atoms with E-state index < -0.39 is 0 Å². The van der Waals surface area contributed by atoms with Gasteiger partial charge in [0.2, 0.25) is 0 Å². The van der Waals surface area contributed by atoms with Crippen molar-refractivity contribution >= 4 is 11.8 Å². The van der Waals surface area contributed by atoms with E-state index in [1.807, 2.05) is 0 Å². The van der Waals surface area contributed by atoms with Crippen LogP contribution in [-0.2, 0) is 0 Å². The molecule has 0 aromatic carbocycles. The first-order chi connectivity index (χ1) is 8.19. The lowest BCUT2D eigenvalue weighted by Gasteiger charge is -2.31. The second-order valence-corrected chi connectivity index (χ2v) is 7.10. The predicted octanol–water partition coefficient (Wildman–Crippen LogP) is 2.73. The third-order valence-electron chi connectivity index (χ3n) is 4.38. The third-order valence-corrected chi connectivity index (χ3v) is 5.48. The standard InChI is InChI=1S/C14H28N2S/c1-11(2)16-8-7-13(10-16)15-12-5-4-6-14(9-12)17-3/h11-15H,4-10H2,1-3H3. The van der Waals surface area contributed by atoms with Crippen LogP contribution in [0.3, 0.4) is 0 Å². The molecular formula is C14H28N2S. The Bertz CT molecular complexity index is 232. The summed E-state index contributed by atoms with van der Waals surface area (Å²) in [6, 6.07) is 2.26. The minimum Gasteiger partial charge on any atom is -0.310 e. The zero-order valence-electron chi connectivity index (χ0n) is 11.6. The molecule has 0 aromatic heterocycles. The van der Waals surface area contributed by atoms with Crippen molar-refractivity contribution < 1.29 is 0 Å². The van der Waals surface area contributed by atoms with Crippen LogP contribution in [0.2, 0.25) is 0 Å². The van der Waals surface area contributed by atoms with Gasteiger partial charge in [0, 0.05) is 29.9 Å². The number of hydrogen-bond acceptors (Lipinski definition) is 3. The van der Waals surface area contributed by atoms with Gasteiger partial charge in [0.25, 0.3) is 0 Å². The van der Waals surface area contributed by atoms with Gasteiger partial charge in [-0.2, -0.15) is 11.8 Å². The molecule has 0 bridgehead atoms. The van der Waals surface area contributed by atoms with Crippen molar-refractivity contribution in [2.24, 2.45) is 0 Å². The van der Waals surface area contributed by atoms with Crippen LogP contribution in [0.4, 0.5) is 0 Å². The SMILES string of the molecule is CSC1CCCC(NC2CCN(C(C)C)C2)C1. The molecule has 2 fully saturated rings. The van der Waals surface area contributed by atoms with Crippen LogP contribution in [0.25, 0.3) is 0 Å². The Kier molecular flexibility index (Phi) is 5.19. The number of nitrogens with zero attached hydrogens (tertiary/aromatic N) is 1. The number of nitrogens with one attached hydrogen (secondary N) is 1. The van der Waals surface area contributed by atoms with Gasteiger partial charge < -0.3 is 5.32 Å². The Labute approximate surface area is 111 Å². The highest BCUT2D eigenvalue weighted by Crippen LogP contribution is 2.27. The average Bonchev–Trinajstić information content (AvgIpc) is 2.78. The van der Waals surface area contributed by atoms with Gasteiger partial charge in [-0.3, -0.25) is 4.90 Å².